The molecule has 0 saturated carbocycles. The van der Waals surface area contributed by atoms with E-state index in [1.807, 2.05) is 26.8 Å². The third-order valence-electron chi connectivity index (χ3n) is 2.97. The SMILES string of the molecule is Cc1cc(C(C)Nc2c(F)cc(N)cc2F)c(C)o1. The van der Waals surface area contributed by atoms with Crippen LogP contribution in [0.1, 0.15) is 30.0 Å². The molecule has 0 aliphatic heterocycles. The first-order chi connectivity index (χ1) is 8.88. The van der Waals surface area contributed by atoms with Gasteiger partial charge in [0.1, 0.15) is 17.2 Å². The number of furan rings is 1. The number of benzene rings is 1. The van der Waals surface area contributed by atoms with Crippen LogP contribution < -0.4 is 11.1 Å². The van der Waals surface area contributed by atoms with Crippen molar-refractivity contribution in [3.8, 4) is 0 Å². The molecule has 0 radical (unpaired) electrons. The van der Waals surface area contributed by atoms with Gasteiger partial charge >= 0.3 is 0 Å². The molecule has 0 aliphatic rings. The lowest BCUT2D eigenvalue weighted by Gasteiger charge is -2.16. The van der Waals surface area contributed by atoms with Gasteiger partial charge in [0, 0.05) is 11.3 Å². The highest BCUT2D eigenvalue weighted by Gasteiger charge is 2.17. The van der Waals surface area contributed by atoms with Crippen molar-refractivity contribution in [1.82, 2.24) is 0 Å². The summed E-state index contributed by atoms with van der Waals surface area (Å²) in [5, 5.41) is 2.81. The second-order valence-electron chi connectivity index (χ2n) is 4.59. The molecule has 0 fully saturated rings. The van der Waals surface area contributed by atoms with E-state index in [0.29, 0.717) is 0 Å². The van der Waals surface area contributed by atoms with Crippen LogP contribution in [0.5, 0.6) is 0 Å². The highest BCUT2D eigenvalue weighted by atomic mass is 19.1. The van der Waals surface area contributed by atoms with Crippen LogP contribution in [0.4, 0.5) is 20.2 Å². The van der Waals surface area contributed by atoms with Crippen LogP contribution in [0.15, 0.2) is 22.6 Å². The molecule has 102 valence electrons. The maximum Gasteiger partial charge on any atom is 0.151 e. The summed E-state index contributed by atoms with van der Waals surface area (Å²) < 4.78 is 32.8. The fourth-order valence-corrected chi connectivity index (χ4v) is 2.11. The molecule has 0 amide bonds. The quantitative estimate of drug-likeness (QED) is 0.827. The van der Waals surface area contributed by atoms with Crippen LogP contribution in [0.3, 0.4) is 0 Å². The van der Waals surface area contributed by atoms with Crippen LogP contribution in [0.25, 0.3) is 0 Å². The maximum atomic E-state index is 13.7. The number of rotatable bonds is 3. The van der Waals surface area contributed by atoms with Gasteiger partial charge in [0.15, 0.2) is 11.6 Å². The topological polar surface area (TPSA) is 51.2 Å². The van der Waals surface area contributed by atoms with E-state index in [9.17, 15) is 8.78 Å². The molecule has 1 unspecified atom stereocenters. The van der Waals surface area contributed by atoms with Crippen molar-refractivity contribution >= 4 is 11.4 Å². The predicted molar refractivity (Wildman–Crippen MR) is 71.0 cm³/mol. The van der Waals surface area contributed by atoms with Crippen LogP contribution in [-0.2, 0) is 0 Å². The van der Waals surface area contributed by atoms with Gasteiger partial charge in [0.25, 0.3) is 0 Å². The van der Waals surface area contributed by atoms with Gasteiger partial charge in [-0.1, -0.05) is 0 Å². The summed E-state index contributed by atoms with van der Waals surface area (Å²) in [5.41, 5.74) is 6.12. The largest absolute Gasteiger partial charge is 0.466 e. The van der Waals surface area contributed by atoms with Gasteiger partial charge < -0.3 is 15.5 Å². The molecular formula is C14H16F2N2O. The van der Waals surface area contributed by atoms with Gasteiger partial charge in [0.2, 0.25) is 0 Å². The van der Waals surface area contributed by atoms with E-state index < -0.39 is 11.6 Å². The van der Waals surface area contributed by atoms with Crippen molar-refractivity contribution < 1.29 is 13.2 Å². The van der Waals surface area contributed by atoms with Gasteiger partial charge in [-0.05, 0) is 39.0 Å². The average molecular weight is 266 g/mol. The van der Waals surface area contributed by atoms with Crippen molar-refractivity contribution in [1.29, 1.82) is 0 Å². The first-order valence-electron chi connectivity index (χ1n) is 5.96. The Balaban J connectivity index is 2.29. The van der Waals surface area contributed by atoms with Gasteiger partial charge in [-0.25, -0.2) is 8.78 Å². The lowest BCUT2D eigenvalue weighted by Crippen LogP contribution is -2.10. The Morgan fingerprint density at radius 2 is 1.74 bits per heavy atom. The van der Waals surface area contributed by atoms with Crippen molar-refractivity contribution in [2.45, 2.75) is 26.8 Å². The fourth-order valence-electron chi connectivity index (χ4n) is 2.11. The van der Waals surface area contributed by atoms with E-state index >= 15 is 0 Å². The molecule has 3 nitrogen and oxygen atoms in total. The molecule has 2 rings (SSSR count). The zero-order chi connectivity index (χ0) is 14.2. The number of nitrogen functional groups attached to an aromatic ring is 1. The Morgan fingerprint density at radius 3 is 2.21 bits per heavy atom. The first-order valence-corrected chi connectivity index (χ1v) is 5.96. The summed E-state index contributed by atoms with van der Waals surface area (Å²) in [7, 11) is 0. The van der Waals surface area contributed by atoms with Crippen molar-refractivity contribution in [3.63, 3.8) is 0 Å². The molecule has 0 bridgehead atoms. The summed E-state index contributed by atoms with van der Waals surface area (Å²) in [5.74, 6) is 0.0811. The van der Waals surface area contributed by atoms with Crippen molar-refractivity contribution in [3.05, 3.63) is 46.9 Å². The number of aryl methyl sites for hydroxylation is 2. The minimum atomic E-state index is -0.706. The molecule has 1 aromatic heterocycles. The van der Waals surface area contributed by atoms with E-state index in [1.165, 1.54) is 0 Å². The van der Waals surface area contributed by atoms with Crippen LogP contribution in [0.2, 0.25) is 0 Å². The van der Waals surface area contributed by atoms with E-state index in [4.69, 9.17) is 10.2 Å². The Morgan fingerprint density at radius 1 is 1.16 bits per heavy atom. The number of nitrogens with two attached hydrogens (primary N) is 1. The molecule has 0 saturated heterocycles. The lowest BCUT2D eigenvalue weighted by atomic mass is 10.1. The molecule has 3 N–H and O–H groups in total. The standard InChI is InChI=1S/C14H16F2N2O/c1-7-4-11(9(3)19-7)8(2)18-14-12(15)5-10(17)6-13(14)16/h4-6,8,18H,17H2,1-3H3. The maximum absolute atomic E-state index is 13.7. The Kier molecular flexibility index (Phi) is 3.46. The van der Waals surface area contributed by atoms with E-state index in [2.05, 4.69) is 5.32 Å². The number of hydrogen-bond acceptors (Lipinski definition) is 3. The second-order valence-corrected chi connectivity index (χ2v) is 4.59. The van der Waals surface area contributed by atoms with Crippen LogP contribution >= 0.6 is 0 Å². The van der Waals surface area contributed by atoms with Gasteiger partial charge in [-0.15, -0.1) is 0 Å². The zero-order valence-electron chi connectivity index (χ0n) is 11.1. The second kappa shape index (κ2) is 4.91. The Bertz CT molecular complexity index is 584. The number of hydrogen-bond donors (Lipinski definition) is 2. The molecular weight excluding hydrogens is 250 g/mol. The number of halogens is 2. The highest BCUT2D eigenvalue weighted by Crippen LogP contribution is 2.28. The summed E-state index contributed by atoms with van der Waals surface area (Å²) >= 11 is 0. The average Bonchev–Trinajstić information content (AvgIpc) is 2.62. The first kappa shape index (κ1) is 13.4. The smallest absolute Gasteiger partial charge is 0.151 e. The van der Waals surface area contributed by atoms with Crippen molar-refractivity contribution in [2.75, 3.05) is 11.1 Å². The molecule has 1 atom stereocenters. The monoisotopic (exact) mass is 266 g/mol. The van der Waals surface area contributed by atoms with Gasteiger partial charge in [0.05, 0.1) is 6.04 Å². The molecule has 0 aliphatic carbocycles. The fraction of sp³-hybridized carbons (Fsp3) is 0.286. The molecule has 1 heterocycles. The Labute approximate surface area is 110 Å². The molecule has 1 aromatic carbocycles. The Hall–Kier alpha value is -2.04. The zero-order valence-corrected chi connectivity index (χ0v) is 11.1. The third-order valence-corrected chi connectivity index (χ3v) is 2.97. The predicted octanol–water partition coefficient (Wildman–Crippen LogP) is 3.93. The van der Waals surface area contributed by atoms with E-state index in [0.717, 1.165) is 29.2 Å². The summed E-state index contributed by atoms with van der Waals surface area (Å²) in [4.78, 5) is 0. The lowest BCUT2D eigenvalue weighted by molar-refractivity contribution is 0.499. The minimum Gasteiger partial charge on any atom is -0.466 e. The molecule has 2 aromatic rings. The van der Waals surface area contributed by atoms with Gasteiger partial charge in [-0.2, -0.15) is 0 Å². The summed E-state index contributed by atoms with van der Waals surface area (Å²) in [6.45, 7) is 5.45. The van der Waals surface area contributed by atoms with E-state index in [1.54, 1.807) is 0 Å². The van der Waals surface area contributed by atoms with E-state index in [-0.39, 0.29) is 17.4 Å². The summed E-state index contributed by atoms with van der Waals surface area (Å²) in [6.07, 6.45) is 0. The number of nitrogens with one attached hydrogen (secondary N) is 1. The van der Waals surface area contributed by atoms with Crippen LogP contribution in [0, 0.1) is 25.5 Å². The van der Waals surface area contributed by atoms with Crippen LogP contribution in [-0.4, -0.2) is 0 Å². The molecule has 5 heteroatoms. The van der Waals surface area contributed by atoms with Gasteiger partial charge in [-0.3, -0.25) is 0 Å². The highest BCUT2D eigenvalue weighted by molar-refractivity contribution is 5.55. The molecule has 19 heavy (non-hydrogen) atoms. The normalized spacial score (nSPS) is 12.5. The minimum absolute atomic E-state index is 0.0588. The molecule has 0 spiro atoms. The third kappa shape index (κ3) is 2.70. The van der Waals surface area contributed by atoms with Crippen molar-refractivity contribution in [2.24, 2.45) is 0 Å². The number of anilines is 2. The summed E-state index contributed by atoms with van der Waals surface area (Å²) in [6, 6.07) is 3.75.